The van der Waals surface area contributed by atoms with Gasteiger partial charge in [-0.15, -0.1) is 0 Å². The van der Waals surface area contributed by atoms with Crippen molar-refractivity contribution in [1.82, 2.24) is 5.32 Å². The number of nitrogens with one attached hydrogen (secondary N) is 1. The van der Waals surface area contributed by atoms with Crippen LogP contribution >= 0.6 is 0 Å². The third kappa shape index (κ3) is 49.5. The Bertz CT molecular complexity index is 928. The first-order chi connectivity index (χ1) is 30.2. The van der Waals surface area contributed by atoms with Crippen molar-refractivity contribution in [1.29, 1.82) is 0 Å². The highest BCUT2D eigenvalue weighted by Gasteiger charge is 2.18. The van der Waals surface area contributed by atoms with Crippen LogP contribution in [0.2, 0.25) is 0 Å². The van der Waals surface area contributed by atoms with Crippen LogP contribution in [0.3, 0.4) is 0 Å². The maximum absolute atomic E-state index is 12.4. The van der Waals surface area contributed by atoms with Gasteiger partial charge in [0.2, 0.25) is 5.91 Å². The van der Waals surface area contributed by atoms with E-state index in [-0.39, 0.29) is 12.5 Å². The summed E-state index contributed by atoms with van der Waals surface area (Å²) in [6.45, 7) is 4.19. The van der Waals surface area contributed by atoms with E-state index in [2.05, 4.69) is 43.5 Å². The molecule has 0 heterocycles. The quantitative estimate of drug-likeness (QED) is 0.0422. The lowest BCUT2D eigenvalue weighted by molar-refractivity contribution is -0.123. The van der Waals surface area contributed by atoms with Gasteiger partial charge < -0.3 is 15.5 Å². The van der Waals surface area contributed by atoms with Gasteiger partial charge in [-0.25, -0.2) is 0 Å². The second kappa shape index (κ2) is 53.0. The first-order valence-electron chi connectivity index (χ1n) is 27.7. The summed E-state index contributed by atoms with van der Waals surface area (Å²) in [4.78, 5) is 12.4. The molecule has 0 radical (unpaired) electrons. The van der Waals surface area contributed by atoms with Crippen LogP contribution in [0.5, 0.6) is 0 Å². The van der Waals surface area contributed by atoms with E-state index in [1.807, 2.05) is 6.08 Å². The molecule has 0 aliphatic carbocycles. The lowest BCUT2D eigenvalue weighted by atomic mass is 10.0. The molecule has 4 heteroatoms. The van der Waals surface area contributed by atoms with Gasteiger partial charge in [-0.05, 0) is 38.5 Å². The average molecular weight is 857 g/mol. The number of carbonyl (C=O) groups is 1. The summed E-state index contributed by atoms with van der Waals surface area (Å²) in [5.41, 5.74) is 0. The topological polar surface area (TPSA) is 69.6 Å². The van der Waals surface area contributed by atoms with Crippen molar-refractivity contribution < 1.29 is 15.0 Å². The summed E-state index contributed by atoms with van der Waals surface area (Å²) in [7, 11) is 0. The summed E-state index contributed by atoms with van der Waals surface area (Å²) >= 11 is 0. The van der Waals surface area contributed by atoms with E-state index < -0.39 is 12.1 Å². The van der Waals surface area contributed by atoms with Crippen molar-refractivity contribution in [2.24, 2.45) is 0 Å². The Balaban J connectivity index is 3.33. The van der Waals surface area contributed by atoms with E-state index in [9.17, 15) is 15.0 Å². The molecule has 0 aliphatic rings. The molecular formula is C57H109NO3. The molecule has 61 heavy (non-hydrogen) atoms. The van der Waals surface area contributed by atoms with Crippen LogP contribution in [0, 0.1) is 0 Å². The minimum absolute atomic E-state index is 0.0758. The molecule has 3 N–H and O–H groups in total. The molecule has 0 aromatic heterocycles. The Morgan fingerprint density at radius 2 is 0.656 bits per heavy atom. The summed E-state index contributed by atoms with van der Waals surface area (Å²) in [5.74, 6) is -0.0758. The Morgan fingerprint density at radius 1 is 0.393 bits per heavy atom. The van der Waals surface area contributed by atoms with Gasteiger partial charge in [-0.2, -0.15) is 0 Å². The number of aliphatic hydroxyl groups excluding tert-OH is 2. The van der Waals surface area contributed by atoms with Crippen molar-refractivity contribution in [2.75, 3.05) is 6.61 Å². The highest BCUT2D eigenvalue weighted by molar-refractivity contribution is 5.76. The lowest BCUT2D eigenvalue weighted by Gasteiger charge is -2.19. The van der Waals surface area contributed by atoms with Gasteiger partial charge in [0.05, 0.1) is 18.8 Å². The highest BCUT2D eigenvalue weighted by Crippen LogP contribution is 2.18. The van der Waals surface area contributed by atoms with Crippen molar-refractivity contribution in [2.45, 2.75) is 315 Å². The van der Waals surface area contributed by atoms with Crippen LogP contribution in [0.15, 0.2) is 36.5 Å². The molecule has 360 valence electrons. The number of aliphatic hydroxyl groups is 2. The monoisotopic (exact) mass is 856 g/mol. The summed E-state index contributed by atoms with van der Waals surface area (Å²) in [6, 6.07) is -0.641. The standard InChI is InChI=1S/C57H109NO3/c1-3-5-7-9-11-13-15-16-17-18-19-20-21-22-23-24-25-26-27-28-29-30-31-32-33-34-35-36-37-38-39-40-41-42-43-45-47-49-51-53-57(61)58-55(54-59)56(60)52-50-48-46-44-14-12-10-8-6-4-2/h6,8,14,44,50,52,55-56,59-60H,3-5,7,9-13,15-43,45-49,51,53-54H2,1-2H3,(H,58,61)/b8-6+,44-14+,52-50+. The number of rotatable bonds is 51. The van der Waals surface area contributed by atoms with Crippen LogP contribution in [0.4, 0.5) is 0 Å². The molecule has 0 rings (SSSR count). The van der Waals surface area contributed by atoms with Crippen LogP contribution in [-0.4, -0.2) is 34.9 Å². The van der Waals surface area contributed by atoms with Crippen molar-refractivity contribution in [3.63, 3.8) is 0 Å². The van der Waals surface area contributed by atoms with Crippen LogP contribution in [0.1, 0.15) is 303 Å². The van der Waals surface area contributed by atoms with Crippen LogP contribution in [0.25, 0.3) is 0 Å². The zero-order chi connectivity index (χ0) is 44.2. The summed E-state index contributed by atoms with van der Waals surface area (Å²) in [5, 5.41) is 22.9. The molecule has 0 aliphatic heterocycles. The van der Waals surface area contributed by atoms with Crippen LogP contribution < -0.4 is 5.32 Å². The zero-order valence-electron chi connectivity index (χ0n) is 41.4. The fraction of sp³-hybridized carbons (Fsp3) is 0.877. The molecule has 1 amide bonds. The molecule has 0 aromatic rings. The third-order valence-corrected chi connectivity index (χ3v) is 12.9. The van der Waals surface area contributed by atoms with E-state index in [0.29, 0.717) is 6.42 Å². The number of unbranched alkanes of at least 4 members (excludes halogenated alkanes) is 40. The third-order valence-electron chi connectivity index (χ3n) is 12.9. The lowest BCUT2D eigenvalue weighted by Crippen LogP contribution is -2.45. The number of hydrogen-bond donors (Lipinski definition) is 3. The summed E-state index contributed by atoms with van der Waals surface area (Å²) in [6.07, 6.45) is 72.1. The Morgan fingerprint density at radius 3 is 0.934 bits per heavy atom. The molecule has 2 unspecified atom stereocenters. The average Bonchev–Trinajstić information content (AvgIpc) is 3.26. The van der Waals surface area contributed by atoms with Crippen molar-refractivity contribution in [3.05, 3.63) is 36.5 Å². The van der Waals surface area contributed by atoms with Gasteiger partial charge in [0.1, 0.15) is 0 Å². The van der Waals surface area contributed by atoms with E-state index >= 15 is 0 Å². The Labute approximate surface area is 382 Å². The van der Waals surface area contributed by atoms with Gasteiger partial charge in [0.25, 0.3) is 0 Å². The number of allylic oxidation sites excluding steroid dienone is 5. The number of amides is 1. The first-order valence-corrected chi connectivity index (χ1v) is 27.7. The Kier molecular flexibility index (Phi) is 51.7. The fourth-order valence-electron chi connectivity index (χ4n) is 8.69. The maximum atomic E-state index is 12.4. The molecule has 0 bridgehead atoms. The maximum Gasteiger partial charge on any atom is 0.220 e. The molecule has 4 nitrogen and oxygen atoms in total. The predicted molar refractivity (Wildman–Crippen MR) is 272 cm³/mol. The Hall–Kier alpha value is -1.39. The smallest absolute Gasteiger partial charge is 0.220 e. The van der Waals surface area contributed by atoms with Crippen molar-refractivity contribution in [3.8, 4) is 0 Å². The highest BCUT2D eigenvalue weighted by atomic mass is 16.3. The van der Waals surface area contributed by atoms with E-state index in [0.717, 1.165) is 44.9 Å². The zero-order valence-corrected chi connectivity index (χ0v) is 41.4. The summed E-state index contributed by atoms with van der Waals surface area (Å²) < 4.78 is 0. The largest absolute Gasteiger partial charge is 0.394 e. The van der Waals surface area contributed by atoms with Gasteiger partial charge in [0.15, 0.2) is 0 Å². The van der Waals surface area contributed by atoms with Gasteiger partial charge in [-0.1, -0.05) is 294 Å². The first kappa shape index (κ1) is 59.6. The van der Waals surface area contributed by atoms with Crippen molar-refractivity contribution >= 4 is 5.91 Å². The van der Waals surface area contributed by atoms with Crippen LogP contribution in [-0.2, 0) is 4.79 Å². The van der Waals surface area contributed by atoms with E-state index in [1.165, 1.54) is 238 Å². The second-order valence-corrected chi connectivity index (χ2v) is 19.0. The SMILES string of the molecule is CC/C=C/CC/C=C/CC/C=C/C(O)C(CO)NC(=O)CCCCCCCCCCCCCCCCCCCCCCCCCCCCCCCCCCCCCCCCC. The molecule has 0 aromatic carbocycles. The predicted octanol–water partition coefficient (Wildman–Crippen LogP) is 18.1. The number of carbonyl (C=O) groups excluding carboxylic acids is 1. The molecular weight excluding hydrogens is 747 g/mol. The minimum Gasteiger partial charge on any atom is -0.394 e. The van der Waals surface area contributed by atoms with Gasteiger partial charge >= 0.3 is 0 Å². The van der Waals surface area contributed by atoms with E-state index in [4.69, 9.17) is 0 Å². The van der Waals surface area contributed by atoms with E-state index in [1.54, 1.807) is 6.08 Å². The normalized spacial score (nSPS) is 13.0. The van der Waals surface area contributed by atoms with Gasteiger partial charge in [-0.3, -0.25) is 4.79 Å². The molecule has 0 saturated heterocycles. The molecule has 0 fully saturated rings. The molecule has 0 saturated carbocycles. The van der Waals surface area contributed by atoms with Gasteiger partial charge in [0, 0.05) is 6.42 Å². The molecule has 0 spiro atoms. The second-order valence-electron chi connectivity index (χ2n) is 19.0. The molecule has 2 atom stereocenters. The fourth-order valence-corrected chi connectivity index (χ4v) is 8.69. The number of hydrogen-bond acceptors (Lipinski definition) is 3. The minimum atomic E-state index is -0.866.